The summed E-state index contributed by atoms with van der Waals surface area (Å²) in [6.45, 7) is 2.07. The fourth-order valence-corrected chi connectivity index (χ4v) is 2.03. The molecule has 0 aromatic heterocycles. The van der Waals surface area contributed by atoms with Crippen LogP contribution in [0.5, 0.6) is 0 Å². The number of nitrogens with zero attached hydrogens (tertiary/aromatic N) is 1. The molecule has 1 aromatic carbocycles. The molecular formula is C13H13F2NO3. The van der Waals surface area contributed by atoms with E-state index in [1.807, 2.05) is 0 Å². The number of rotatable bonds is 3. The van der Waals surface area contributed by atoms with Crippen molar-refractivity contribution in [2.24, 2.45) is 11.8 Å². The summed E-state index contributed by atoms with van der Waals surface area (Å²) in [4.78, 5) is 24.0. The lowest BCUT2D eigenvalue weighted by Gasteiger charge is -2.41. The van der Waals surface area contributed by atoms with Crippen molar-refractivity contribution >= 4 is 11.9 Å². The van der Waals surface area contributed by atoms with Gasteiger partial charge >= 0.3 is 5.97 Å². The Morgan fingerprint density at radius 2 is 2.00 bits per heavy atom. The number of aliphatic carboxylic acids is 1. The predicted molar refractivity (Wildman–Crippen MR) is 62.6 cm³/mol. The van der Waals surface area contributed by atoms with Gasteiger partial charge in [-0.3, -0.25) is 9.59 Å². The highest BCUT2D eigenvalue weighted by Gasteiger charge is 2.38. The third kappa shape index (κ3) is 2.57. The second kappa shape index (κ2) is 4.95. The minimum absolute atomic E-state index is 0.141. The van der Waals surface area contributed by atoms with Gasteiger partial charge in [0.05, 0.1) is 11.5 Å². The highest BCUT2D eigenvalue weighted by molar-refractivity contribution is 5.95. The molecule has 0 saturated carbocycles. The molecule has 4 nitrogen and oxygen atoms in total. The summed E-state index contributed by atoms with van der Waals surface area (Å²) < 4.78 is 26.4. The Balaban J connectivity index is 2.04. The standard InChI is InChI=1S/C13H13F2NO3/c1-7(13(18)19)8-5-16(6-8)12(17)10-4-9(14)2-3-11(10)15/h2-4,7-8H,5-6H2,1H3,(H,18,19). The van der Waals surface area contributed by atoms with E-state index in [0.29, 0.717) is 0 Å². The van der Waals surface area contributed by atoms with Gasteiger partial charge in [0.15, 0.2) is 0 Å². The summed E-state index contributed by atoms with van der Waals surface area (Å²) in [5.41, 5.74) is -0.318. The van der Waals surface area contributed by atoms with Crippen LogP contribution in [0.1, 0.15) is 17.3 Å². The molecule has 1 aromatic rings. The Morgan fingerprint density at radius 1 is 1.37 bits per heavy atom. The molecule has 0 radical (unpaired) electrons. The van der Waals surface area contributed by atoms with E-state index in [2.05, 4.69) is 0 Å². The van der Waals surface area contributed by atoms with E-state index in [0.717, 1.165) is 18.2 Å². The van der Waals surface area contributed by atoms with Gasteiger partial charge in [-0.2, -0.15) is 0 Å². The van der Waals surface area contributed by atoms with Crippen LogP contribution in [0.3, 0.4) is 0 Å². The zero-order valence-electron chi connectivity index (χ0n) is 10.3. The Morgan fingerprint density at radius 3 is 2.58 bits per heavy atom. The molecule has 1 heterocycles. The van der Waals surface area contributed by atoms with Crippen molar-refractivity contribution in [2.75, 3.05) is 13.1 Å². The minimum atomic E-state index is -0.922. The molecule has 1 aliphatic heterocycles. The van der Waals surface area contributed by atoms with Gasteiger partial charge < -0.3 is 10.0 Å². The fraction of sp³-hybridized carbons (Fsp3) is 0.385. The third-order valence-corrected chi connectivity index (χ3v) is 3.45. The number of carbonyl (C=O) groups is 2. The van der Waals surface area contributed by atoms with Crippen LogP contribution in [-0.2, 0) is 4.79 Å². The normalized spacial score (nSPS) is 16.9. The number of benzene rings is 1. The van der Waals surface area contributed by atoms with Crippen LogP contribution in [-0.4, -0.2) is 35.0 Å². The number of amides is 1. The van der Waals surface area contributed by atoms with Gasteiger partial charge in [0, 0.05) is 19.0 Å². The van der Waals surface area contributed by atoms with E-state index in [4.69, 9.17) is 5.11 Å². The smallest absolute Gasteiger partial charge is 0.306 e. The van der Waals surface area contributed by atoms with Gasteiger partial charge in [-0.1, -0.05) is 6.92 Å². The molecule has 0 bridgehead atoms. The van der Waals surface area contributed by atoms with Crippen LogP contribution in [0.15, 0.2) is 18.2 Å². The van der Waals surface area contributed by atoms with Crippen molar-refractivity contribution in [1.29, 1.82) is 0 Å². The second-order valence-corrected chi connectivity index (χ2v) is 4.72. The lowest BCUT2D eigenvalue weighted by molar-refractivity contribution is -0.144. The molecule has 1 atom stereocenters. The van der Waals surface area contributed by atoms with Crippen LogP contribution in [0.2, 0.25) is 0 Å². The average molecular weight is 269 g/mol. The molecule has 19 heavy (non-hydrogen) atoms. The second-order valence-electron chi connectivity index (χ2n) is 4.72. The number of hydrogen-bond acceptors (Lipinski definition) is 2. The Bertz CT molecular complexity index is 527. The molecule has 1 saturated heterocycles. The van der Waals surface area contributed by atoms with Crippen molar-refractivity contribution in [3.05, 3.63) is 35.4 Å². The molecule has 1 aliphatic rings. The molecule has 1 unspecified atom stereocenters. The highest BCUT2D eigenvalue weighted by atomic mass is 19.1. The summed E-state index contributed by atoms with van der Waals surface area (Å²) in [6, 6.07) is 2.70. The molecular weight excluding hydrogens is 256 g/mol. The number of carboxylic acids is 1. The van der Waals surface area contributed by atoms with Crippen molar-refractivity contribution in [3.63, 3.8) is 0 Å². The first-order chi connectivity index (χ1) is 8.90. The predicted octanol–water partition coefficient (Wildman–Crippen LogP) is 1.76. The van der Waals surface area contributed by atoms with E-state index in [1.54, 1.807) is 6.92 Å². The van der Waals surface area contributed by atoms with Gasteiger partial charge in [0.25, 0.3) is 5.91 Å². The van der Waals surface area contributed by atoms with Crippen LogP contribution >= 0.6 is 0 Å². The molecule has 102 valence electrons. The van der Waals surface area contributed by atoms with Crippen LogP contribution in [0.4, 0.5) is 8.78 Å². The maximum atomic E-state index is 13.4. The molecule has 1 amide bonds. The van der Waals surface area contributed by atoms with E-state index < -0.39 is 29.4 Å². The molecule has 6 heteroatoms. The number of hydrogen-bond donors (Lipinski definition) is 1. The number of halogens is 2. The zero-order chi connectivity index (χ0) is 14.2. The first-order valence-corrected chi connectivity index (χ1v) is 5.87. The Kier molecular flexibility index (Phi) is 3.50. The SMILES string of the molecule is CC(C(=O)O)C1CN(C(=O)c2cc(F)ccc2F)C1. The maximum Gasteiger partial charge on any atom is 0.306 e. The van der Waals surface area contributed by atoms with Gasteiger partial charge in [-0.05, 0) is 18.2 Å². The fourth-order valence-electron chi connectivity index (χ4n) is 2.03. The third-order valence-electron chi connectivity index (χ3n) is 3.45. The van der Waals surface area contributed by atoms with E-state index >= 15 is 0 Å². The molecule has 0 spiro atoms. The molecule has 1 N–H and O–H groups in total. The average Bonchev–Trinajstić information content (AvgIpc) is 2.29. The van der Waals surface area contributed by atoms with Crippen molar-refractivity contribution in [3.8, 4) is 0 Å². The quantitative estimate of drug-likeness (QED) is 0.909. The number of likely N-dealkylation sites (tertiary alicyclic amines) is 1. The van der Waals surface area contributed by atoms with Crippen LogP contribution in [0, 0.1) is 23.5 Å². The van der Waals surface area contributed by atoms with Crippen LogP contribution in [0.25, 0.3) is 0 Å². The number of carboxylic acid groups (broad SMARTS) is 1. The van der Waals surface area contributed by atoms with Crippen molar-refractivity contribution in [1.82, 2.24) is 4.90 Å². The minimum Gasteiger partial charge on any atom is -0.481 e. The maximum absolute atomic E-state index is 13.4. The zero-order valence-corrected chi connectivity index (χ0v) is 10.3. The topological polar surface area (TPSA) is 57.6 Å². The van der Waals surface area contributed by atoms with Crippen LogP contribution < -0.4 is 0 Å². The van der Waals surface area contributed by atoms with Gasteiger partial charge in [-0.25, -0.2) is 8.78 Å². The first kappa shape index (κ1) is 13.5. The van der Waals surface area contributed by atoms with E-state index in [-0.39, 0.29) is 24.6 Å². The van der Waals surface area contributed by atoms with Gasteiger partial charge in [0.2, 0.25) is 0 Å². The Labute approximate surface area is 108 Å². The van der Waals surface area contributed by atoms with E-state index in [1.165, 1.54) is 4.90 Å². The summed E-state index contributed by atoms with van der Waals surface area (Å²) in [5.74, 6) is -3.68. The number of carbonyl (C=O) groups excluding carboxylic acids is 1. The highest BCUT2D eigenvalue weighted by Crippen LogP contribution is 2.26. The van der Waals surface area contributed by atoms with Gasteiger partial charge in [-0.15, -0.1) is 0 Å². The van der Waals surface area contributed by atoms with Crippen molar-refractivity contribution < 1.29 is 23.5 Å². The molecule has 0 aliphatic carbocycles. The summed E-state index contributed by atoms with van der Waals surface area (Å²) in [7, 11) is 0. The van der Waals surface area contributed by atoms with E-state index in [9.17, 15) is 18.4 Å². The summed E-state index contributed by atoms with van der Waals surface area (Å²) in [6.07, 6.45) is 0. The molecule has 1 fully saturated rings. The lowest BCUT2D eigenvalue weighted by atomic mass is 9.86. The summed E-state index contributed by atoms with van der Waals surface area (Å²) >= 11 is 0. The lowest BCUT2D eigenvalue weighted by Crippen LogP contribution is -2.53. The summed E-state index contributed by atoms with van der Waals surface area (Å²) in [5, 5.41) is 8.83. The first-order valence-electron chi connectivity index (χ1n) is 5.87. The molecule has 2 rings (SSSR count). The van der Waals surface area contributed by atoms with Crippen molar-refractivity contribution in [2.45, 2.75) is 6.92 Å². The Hall–Kier alpha value is -1.98. The largest absolute Gasteiger partial charge is 0.481 e. The van der Waals surface area contributed by atoms with Gasteiger partial charge in [0.1, 0.15) is 11.6 Å². The monoisotopic (exact) mass is 269 g/mol.